The number of carbonyl (C=O) groups is 1. The quantitative estimate of drug-likeness (QED) is 0.910. The van der Waals surface area contributed by atoms with E-state index in [0.29, 0.717) is 6.54 Å². The first-order chi connectivity index (χ1) is 9.61. The van der Waals surface area contributed by atoms with Crippen LogP contribution < -0.4 is 5.73 Å². The molecule has 118 valence electrons. The van der Waals surface area contributed by atoms with E-state index in [2.05, 4.69) is 5.10 Å². The lowest BCUT2D eigenvalue weighted by molar-refractivity contribution is -0.182. The summed E-state index contributed by atoms with van der Waals surface area (Å²) in [6.07, 6.45) is -4.41. The molecule has 1 saturated heterocycles. The van der Waals surface area contributed by atoms with Crippen LogP contribution in [-0.4, -0.2) is 39.9 Å². The molecule has 0 spiro atoms. The first-order valence-corrected chi connectivity index (χ1v) is 6.68. The van der Waals surface area contributed by atoms with Crippen LogP contribution in [0, 0.1) is 25.7 Å². The Labute approximate surface area is 120 Å². The van der Waals surface area contributed by atoms with Crippen LogP contribution in [0.3, 0.4) is 0 Å². The van der Waals surface area contributed by atoms with Crippen LogP contribution in [0.25, 0.3) is 0 Å². The summed E-state index contributed by atoms with van der Waals surface area (Å²) in [4.78, 5) is 12.9. The summed E-state index contributed by atoms with van der Waals surface area (Å²) >= 11 is 0. The topological polar surface area (TPSA) is 64.2 Å². The second-order valence-electron chi connectivity index (χ2n) is 5.62. The fraction of sp³-hybridized carbons (Fsp3) is 0.692. The molecule has 2 heterocycles. The van der Waals surface area contributed by atoms with Crippen molar-refractivity contribution < 1.29 is 18.0 Å². The van der Waals surface area contributed by atoms with Gasteiger partial charge in [0.15, 0.2) is 0 Å². The molecule has 1 amide bonds. The Kier molecular flexibility index (Phi) is 4.01. The Hall–Kier alpha value is -1.57. The number of primary amides is 1. The van der Waals surface area contributed by atoms with Gasteiger partial charge < -0.3 is 5.73 Å². The zero-order chi connectivity index (χ0) is 15.9. The maximum atomic E-state index is 13.0. The van der Waals surface area contributed by atoms with Crippen LogP contribution in [0.5, 0.6) is 0 Å². The standard InChI is InChI=1S/C13H19F3N4O/c1-7-9(8(2)19(3)18-7)4-20-5-10(12(17)21)11(6-20)13(14,15)16/h10-11H,4-6H2,1-3H3,(H2,17,21)/t10-,11-/m1/s1. The van der Waals surface area contributed by atoms with Crippen molar-refractivity contribution in [2.75, 3.05) is 13.1 Å². The third kappa shape index (κ3) is 3.04. The van der Waals surface area contributed by atoms with Crippen molar-refractivity contribution in [2.24, 2.45) is 24.6 Å². The molecule has 1 aliphatic heterocycles. The third-order valence-electron chi connectivity index (χ3n) is 4.22. The number of aromatic nitrogens is 2. The molecule has 0 aliphatic carbocycles. The molecule has 0 saturated carbocycles. The monoisotopic (exact) mass is 304 g/mol. The number of halogens is 3. The van der Waals surface area contributed by atoms with Gasteiger partial charge >= 0.3 is 6.18 Å². The maximum Gasteiger partial charge on any atom is 0.393 e. The van der Waals surface area contributed by atoms with Gasteiger partial charge in [0.2, 0.25) is 5.91 Å². The van der Waals surface area contributed by atoms with Crippen molar-refractivity contribution in [1.29, 1.82) is 0 Å². The Morgan fingerprint density at radius 2 is 2.00 bits per heavy atom. The highest BCUT2D eigenvalue weighted by Crippen LogP contribution is 2.38. The molecule has 0 radical (unpaired) electrons. The minimum absolute atomic E-state index is 0.0350. The van der Waals surface area contributed by atoms with Crippen molar-refractivity contribution in [3.8, 4) is 0 Å². The van der Waals surface area contributed by atoms with E-state index >= 15 is 0 Å². The molecule has 2 rings (SSSR count). The van der Waals surface area contributed by atoms with Gasteiger partial charge in [0.25, 0.3) is 0 Å². The van der Waals surface area contributed by atoms with Crippen molar-refractivity contribution in [3.63, 3.8) is 0 Å². The zero-order valence-corrected chi connectivity index (χ0v) is 12.2. The molecule has 21 heavy (non-hydrogen) atoms. The number of likely N-dealkylation sites (tertiary alicyclic amines) is 1. The molecule has 0 bridgehead atoms. The van der Waals surface area contributed by atoms with Crippen molar-refractivity contribution >= 4 is 5.91 Å². The lowest BCUT2D eigenvalue weighted by Gasteiger charge is -2.18. The Morgan fingerprint density at radius 3 is 2.38 bits per heavy atom. The molecule has 1 fully saturated rings. The minimum atomic E-state index is -4.41. The summed E-state index contributed by atoms with van der Waals surface area (Å²) in [6.45, 7) is 3.88. The number of alkyl halides is 3. The third-order valence-corrected chi connectivity index (χ3v) is 4.22. The van der Waals surface area contributed by atoms with Gasteiger partial charge in [0.1, 0.15) is 0 Å². The van der Waals surface area contributed by atoms with Gasteiger partial charge in [-0.05, 0) is 13.8 Å². The molecule has 5 nitrogen and oxygen atoms in total. The summed E-state index contributed by atoms with van der Waals surface area (Å²) in [6, 6.07) is 0. The number of carbonyl (C=O) groups excluding carboxylic acids is 1. The summed E-state index contributed by atoms with van der Waals surface area (Å²) in [5.74, 6) is -3.76. The highest BCUT2D eigenvalue weighted by molar-refractivity contribution is 5.77. The van der Waals surface area contributed by atoms with Gasteiger partial charge in [0.05, 0.1) is 17.5 Å². The van der Waals surface area contributed by atoms with Crippen LogP contribution in [0.1, 0.15) is 17.0 Å². The lowest BCUT2D eigenvalue weighted by atomic mass is 9.95. The molecule has 8 heteroatoms. The van der Waals surface area contributed by atoms with Crippen LogP contribution in [0.4, 0.5) is 13.2 Å². The number of amides is 1. The number of aryl methyl sites for hydroxylation is 2. The summed E-state index contributed by atoms with van der Waals surface area (Å²) in [5.41, 5.74) is 7.74. The molecule has 1 aromatic heterocycles. The average Bonchev–Trinajstić information content (AvgIpc) is 2.87. The number of nitrogens with two attached hydrogens (primary N) is 1. The van der Waals surface area contributed by atoms with Crippen LogP contribution in [0.15, 0.2) is 0 Å². The Bertz CT molecular complexity index is 552. The van der Waals surface area contributed by atoms with E-state index in [1.165, 1.54) is 0 Å². The van der Waals surface area contributed by atoms with Gasteiger partial charge in [-0.25, -0.2) is 0 Å². The van der Waals surface area contributed by atoms with Gasteiger partial charge in [-0.2, -0.15) is 18.3 Å². The van der Waals surface area contributed by atoms with Gasteiger partial charge in [-0.1, -0.05) is 0 Å². The van der Waals surface area contributed by atoms with E-state index in [1.807, 2.05) is 13.8 Å². The van der Waals surface area contributed by atoms with E-state index in [9.17, 15) is 18.0 Å². The SMILES string of the molecule is Cc1nn(C)c(C)c1CN1C[C@@H](C(F)(F)F)[C@H](C(N)=O)C1. The molecule has 2 N–H and O–H groups in total. The largest absolute Gasteiger partial charge is 0.393 e. The minimum Gasteiger partial charge on any atom is -0.369 e. The smallest absolute Gasteiger partial charge is 0.369 e. The van der Waals surface area contributed by atoms with E-state index in [0.717, 1.165) is 17.0 Å². The number of hydrogen-bond donors (Lipinski definition) is 1. The molecule has 1 aromatic rings. The second kappa shape index (κ2) is 5.32. The highest BCUT2D eigenvalue weighted by Gasteiger charge is 2.51. The predicted molar refractivity (Wildman–Crippen MR) is 70.2 cm³/mol. The van der Waals surface area contributed by atoms with Gasteiger partial charge in [0, 0.05) is 37.9 Å². The fourth-order valence-corrected chi connectivity index (χ4v) is 2.90. The molecule has 0 aromatic carbocycles. The summed E-state index contributed by atoms with van der Waals surface area (Å²) in [5, 5.41) is 4.25. The molecular weight excluding hydrogens is 285 g/mol. The zero-order valence-electron chi connectivity index (χ0n) is 12.2. The fourth-order valence-electron chi connectivity index (χ4n) is 2.90. The molecular formula is C13H19F3N4O. The van der Waals surface area contributed by atoms with Gasteiger partial charge in [-0.15, -0.1) is 0 Å². The van der Waals surface area contributed by atoms with Crippen LogP contribution in [0.2, 0.25) is 0 Å². The van der Waals surface area contributed by atoms with Crippen molar-refractivity contribution in [1.82, 2.24) is 14.7 Å². The van der Waals surface area contributed by atoms with Gasteiger partial charge in [-0.3, -0.25) is 14.4 Å². The second-order valence-corrected chi connectivity index (χ2v) is 5.62. The maximum absolute atomic E-state index is 13.0. The predicted octanol–water partition coefficient (Wildman–Crippen LogP) is 1.13. The van der Waals surface area contributed by atoms with Crippen molar-refractivity contribution in [2.45, 2.75) is 26.6 Å². The summed E-state index contributed by atoms with van der Waals surface area (Å²) in [7, 11) is 1.79. The molecule has 1 aliphatic rings. The molecule has 2 atom stereocenters. The van der Waals surface area contributed by atoms with E-state index in [1.54, 1.807) is 16.6 Å². The van der Waals surface area contributed by atoms with E-state index in [4.69, 9.17) is 5.73 Å². The first kappa shape index (κ1) is 15.8. The Morgan fingerprint density at radius 1 is 1.38 bits per heavy atom. The average molecular weight is 304 g/mol. The van der Waals surface area contributed by atoms with E-state index < -0.39 is 23.9 Å². The highest BCUT2D eigenvalue weighted by atomic mass is 19.4. The number of rotatable bonds is 3. The first-order valence-electron chi connectivity index (χ1n) is 6.68. The normalized spacial score (nSPS) is 23.7. The van der Waals surface area contributed by atoms with Crippen LogP contribution in [-0.2, 0) is 18.4 Å². The lowest BCUT2D eigenvalue weighted by Crippen LogP contribution is -2.37. The number of nitrogens with zero attached hydrogens (tertiary/aromatic N) is 3. The van der Waals surface area contributed by atoms with E-state index in [-0.39, 0.29) is 13.1 Å². The summed E-state index contributed by atoms with van der Waals surface area (Å²) < 4.78 is 40.7. The van der Waals surface area contributed by atoms with Crippen LogP contribution >= 0.6 is 0 Å². The Balaban J connectivity index is 2.18. The van der Waals surface area contributed by atoms with Crippen molar-refractivity contribution in [3.05, 3.63) is 17.0 Å². The number of hydrogen-bond acceptors (Lipinski definition) is 3. The molecule has 0 unspecified atom stereocenters.